The second-order valence-electron chi connectivity index (χ2n) is 6.90. The van der Waals surface area contributed by atoms with Gasteiger partial charge < -0.3 is 19.5 Å². The van der Waals surface area contributed by atoms with Gasteiger partial charge in [0.2, 0.25) is 5.91 Å². The summed E-state index contributed by atoms with van der Waals surface area (Å²) in [7, 11) is 5.87. The highest BCUT2D eigenvalue weighted by atomic mass is 16.5. The van der Waals surface area contributed by atoms with Crippen molar-refractivity contribution in [1.82, 2.24) is 14.8 Å². The maximum absolute atomic E-state index is 12.8. The third kappa shape index (κ3) is 3.13. The van der Waals surface area contributed by atoms with Crippen molar-refractivity contribution in [1.29, 1.82) is 0 Å². The van der Waals surface area contributed by atoms with Gasteiger partial charge in [0, 0.05) is 36.2 Å². The van der Waals surface area contributed by atoms with Crippen LogP contribution in [-0.2, 0) is 11.2 Å². The first-order valence-electron chi connectivity index (χ1n) is 8.61. The molecule has 5 nitrogen and oxygen atoms in total. The van der Waals surface area contributed by atoms with E-state index < -0.39 is 0 Å². The molecule has 0 unspecified atom stereocenters. The molecule has 1 aromatic heterocycles. The molecule has 1 N–H and O–H groups in total. The van der Waals surface area contributed by atoms with Crippen molar-refractivity contribution >= 4 is 16.8 Å². The Bertz CT molecular complexity index is 722. The number of aromatic nitrogens is 1. The Labute approximate surface area is 143 Å². The fourth-order valence-electron chi connectivity index (χ4n) is 3.75. The van der Waals surface area contributed by atoms with Crippen LogP contribution in [0.2, 0.25) is 0 Å². The number of aromatic amines is 1. The van der Waals surface area contributed by atoms with Crippen LogP contribution >= 0.6 is 0 Å². The van der Waals surface area contributed by atoms with Crippen molar-refractivity contribution in [2.75, 3.05) is 34.3 Å². The zero-order valence-corrected chi connectivity index (χ0v) is 15.0. The van der Waals surface area contributed by atoms with Gasteiger partial charge in [-0.25, -0.2) is 0 Å². The fourth-order valence-corrected chi connectivity index (χ4v) is 3.75. The predicted octanol–water partition coefficient (Wildman–Crippen LogP) is 2.52. The molecule has 1 aliphatic rings. The number of ether oxygens (including phenoxy) is 1. The Hall–Kier alpha value is -2.01. The average Bonchev–Trinajstić information content (AvgIpc) is 3.18. The first-order valence-corrected chi connectivity index (χ1v) is 8.61. The lowest BCUT2D eigenvalue weighted by Crippen LogP contribution is -2.36. The number of rotatable bonds is 5. The number of nitrogens with one attached hydrogen (secondary N) is 1. The van der Waals surface area contributed by atoms with Crippen LogP contribution in [0.3, 0.4) is 0 Å². The van der Waals surface area contributed by atoms with E-state index in [1.807, 2.05) is 29.3 Å². The maximum atomic E-state index is 12.8. The van der Waals surface area contributed by atoms with Crippen LogP contribution < -0.4 is 4.74 Å². The maximum Gasteiger partial charge on any atom is 0.227 e. The third-order valence-corrected chi connectivity index (χ3v) is 5.26. The van der Waals surface area contributed by atoms with Crippen molar-refractivity contribution in [3.8, 4) is 5.75 Å². The molecule has 0 bridgehead atoms. The number of benzene rings is 1. The zero-order chi connectivity index (χ0) is 17.3. The second kappa shape index (κ2) is 6.85. The number of carbonyl (C=O) groups excluding carboxylic acids is 1. The Morgan fingerprint density at radius 2 is 2.17 bits per heavy atom. The lowest BCUT2D eigenvalue weighted by atomic mass is 10.0. The molecule has 2 heterocycles. The highest BCUT2D eigenvalue weighted by Crippen LogP contribution is 2.27. The van der Waals surface area contributed by atoms with E-state index in [4.69, 9.17) is 4.74 Å². The predicted molar refractivity (Wildman–Crippen MR) is 96.4 cm³/mol. The van der Waals surface area contributed by atoms with E-state index in [2.05, 4.69) is 30.9 Å². The molecule has 0 saturated carbocycles. The summed E-state index contributed by atoms with van der Waals surface area (Å²) in [5.41, 5.74) is 2.08. The second-order valence-corrected chi connectivity index (χ2v) is 6.90. The van der Waals surface area contributed by atoms with Crippen LogP contribution in [-0.4, -0.2) is 61.0 Å². The largest absolute Gasteiger partial charge is 0.497 e. The summed E-state index contributed by atoms with van der Waals surface area (Å²) < 4.78 is 5.31. The number of carbonyl (C=O) groups is 1. The minimum Gasteiger partial charge on any atom is -0.497 e. The molecule has 2 atom stereocenters. The summed E-state index contributed by atoms with van der Waals surface area (Å²) in [6.45, 7) is 3.90. The molecular formula is C19H27N3O2. The molecule has 5 heteroatoms. The average molecular weight is 329 g/mol. The normalized spacial score (nSPS) is 21.0. The van der Waals surface area contributed by atoms with Gasteiger partial charge in [0.1, 0.15) is 5.75 Å². The lowest BCUT2D eigenvalue weighted by molar-refractivity contribution is -0.129. The molecule has 0 radical (unpaired) electrons. The molecule has 1 saturated heterocycles. The Balaban J connectivity index is 1.76. The molecule has 1 fully saturated rings. The summed E-state index contributed by atoms with van der Waals surface area (Å²) in [4.78, 5) is 20.3. The molecule has 3 rings (SSSR count). The SMILES string of the molecule is CC[C@@H]1CN(C(=O)Cc2c[nH]c3ccc(OC)cc23)C[C@@H]1N(C)C. The van der Waals surface area contributed by atoms with E-state index in [-0.39, 0.29) is 5.91 Å². The molecule has 130 valence electrons. The van der Waals surface area contributed by atoms with Gasteiger partial charge in [-0.2, -0.15) is 0 Å². The van der Waals surface area contributed by atoms with Gasteiger partial charge in [0.25, 0.3) is 0 Å². The summed E-state index contributed by atoms with van der Waals surface area (Å²) in [5, 5.41) is 1.07. The van der Waals surface area contributed by atoms with Crippen LogP contribution in [0.5, 0.6) is 5.75 Å². The number of H-pyrrole nitrogens is 1. The van der Waals surface area contributed by atoms with Crippen LogP contribution in [0.1, 0.15) is 18.9 Å². The van der Waals surface area contributed by atoms with Gasteiger partial charge in [-0.1, -0.05) is 13.3 Å². The Morgan fingerprint density at radius 3 is 2.79 bits per heavy atom. The number of likely N-dealkylation sites (N-methyl/N-ethyl adjacent to an activating group) is 1. The van der Waals surface area contributed by atoms with Crippen LogP contribution in [0.15, 0.2) is 24.4 Å². The number of hydrogen-bond acceptors (Lipinski definition) is 3. The third-order valence-electron chi connectivity index (χ3n) is 5.26. The van der Waals surface area contributed by atoms with E-state index in [0.717, 1.165) is 41.7 Å². The number of likely N-dealkylation sites (tertiary alicyclic amines) is 1. The summed E-state index contributed by atoms with van der Waals surface area (Å²) in [6, 6.07) is 6.38. The minimum absolute atomic E-state index is 0.210. The van der Waals surface area contributed by atoms with Gasteiger partial charge in [0.05, 0.1) is 13.5 Å². The van der Waals surface area contributed by atoms with Gasteiger partial charge in [0.15, 0.2) is 0 Å². The molecule has 24 heavy (non-hydrogen) atoms. The molecule has 0 aliphatic carbocycles. The Kier molecular flexibility index (Phi) is 4.81. The quantitative estimate of drug-likeness (QED) is 0.917. The van der Waals surface area contributed by atoms with Crippen molar-refractivity contribution in [3.05, 3.63) is 30.0 Å². The van der Waals surface area contributed by atoms with Crippen LogP contribution in [0.4, 0.5) is 0 Å². The zero-order valence-electron chi connectivity index (χ0n) is 15.0. The van der Waals surface area contributed by atoms with Crippen molar-refractivity contribution < 1.29 is 9.53 Å². The molecule has 1 aliphatic heterocycles. The number of amides is 1. The van der Waals surface area contributed by atoms with E-state index in [9.17, 15) is 4.79 Å². The molecule has 1 aromatic carbocycles. The number of fused-ring (bicyclic) bond motifs is 1. The summed E-state index contributed by atoms with van der Waals surface area (Å²) in [6.07, 6.45) is 3.49. The van der Waals surface area contributed by atoms with E-state index >= 15 is 0 Å². The highest BCUT2D eigenvalue weighted by Gasteiger charge is 2.35. The topological polar surface area (TPSA) is 48.6 Å². The first-order chi connectivity index (χ1) is 11.5. The minimum atomic E-state index is 0.210. The van der Waals surface area contributed by atoms with E-state index in [0.29, 0.717) is 18.4 Å². The van der Waals surface area contributed by atoms with E-state index in [1.165, 1.54) is 0 Å². The van der Waals surface area contributed by atoms with Gasteiger partial charge >= 0.3 is 0 Å². The van der Waals surface area contributed by atoms with Gasteiger partial charge in [-0.3, -0.25) is 4.79 Å². The monoisotopic (exact) mass is 329 g/mol. The summed E-state index contributed by atoms with van der Waals surface area (Å²) >= 11 is 0. The molecule has 2 aromatic rings. The van der Waals surface area contributed by atoms with Gasteiger partial charge in [-0.05, 0) is 43.8 Å². The van der Waals surface area contributed by atoms with Gasteiger partial charge in [-0.15, -0.1) is 0 Å². The number of methoxy groups -OCH3 is 1. The van der Waals surface area contributed by atoms with E-state index in [1.54, 1.807) is 7.11 Å². The first kappa shape index (κ1) is 16.8. The standard InChI is InChI=1S/C19H27N3O2/c1-5-13-11-22(12-18(13)21(2)3)19(23)8-14-10-20-17-7-6-15(24-4)9-16(14)17/h6-7,9-10,13,18,20H,5,8,11-12H2,1-4H3/t13-,18+/m1/s1. The van der Waals surface area contributed by atoms with Crippen LogP contribution in [0, 0.1) is 5.92 Å². The van der Waals surface area contributed by atoms with Crippen molar-refractivity contribution in [2.24, 2.45) is 5.92 Å². The molecular weight excluding hydrogens is 302 g/mol. The highest BCUT2D eigenvalue weighted by molar-refractivity contribution is 5.89. The summed E-state index contributed by atoms with van der Waals surface area (Å²) in [5.74, 6) is 1.59. The Morgan fingerprint density at radius 1 is 1.38 bits per heavy atom. The van der Waals surface area contributed by atoms with Crippen LogP contribution in [0.25, 0.3) is 10.9 Å². The van der Waals surface area contributed by atoms with Crippen molar-refractivity contribution in [3.63, 3.8) is 0 Å². The van der Waals surface area contributed by atoms with Crippen molar-refractivity contribution in [2.45, 2.75) is 25.8 Å². The number of nitrogens with zero attached hydrogens (tertiary/aromatic N) is 2. The molecule has 1 amide bonds. The lowest BCUT2D eigenvalue weighted by Gasteiger charge is -2.23. The fraction of sp³-hybridized carbons (Fsp3) is 0.526. The smallest absolute Gasteiger partial charge is 0.227 e. The molecule has 0 spiro atoms. The number of hydrogen-bond donors (Lipinski definition) is 1.